The van der Waals surface area contributed by atoms with Crippen molar-refractivity contribution in [3.8, 4) is 26.9 Å². The highest BCUT2D eigenvalue weighted by molar-refractivity contribution is 9.10. The number of rotatable bonds is 9. The van der Waals surface area contributed by atoms with Crippen LogP contribution < -0.4 is 9.64 Å². The highest BCUT2D eigenvalue weighted by atomic mass is 79.9. The van der Waals surface area contributed by atoms with Crippen molar-refractivity contribution in [3.63, 3.8) is 0 Å². The van der Waals surface area contributed by atoms with Crippen LogP contribution >= 0.6 is 50.2 Å². The van der Waals surface area contributed by atoms with E-state index in [9.17, 15) is 14.0 Å². The normalized spacial score (nSPS) is 13.0. The Bertz CT molecular complexity index is 1830. The zero-order valence-electron chi connectivity index (χ0n) is 26.2. The average Bonchev–Trinajstić information content (AvgIpc) is 3.80. The van der Waals surface area contributed by atoms with Crippen LogP contribution in [-0.4, -0.2) is 54.3 Å². The van der Waals surface area contributed by atoms with Gasteiger partial charge in [0.25, 0.3) is 0 Å². The number of carbonyl (C=O) groups excluding carboxylic acids is 2. The summed E-state index contributed by atoms with van der Waals surface area (Å²) in [5, 5.41) is 5.47. The van der Waals surface area contributed by atoms with E-state index in [1.54, 1.807) is 24.6 Å². The summed E-state index contributed by atoms with van der Waals surface area (Å²) in [6.07, 6.45) is 1.65. The molecule has 1 aliphatic rings. The maximum absolute atomic E-state index is 13.4. The molecule has 0 radical (unpaired) electrons. The van der Waals surface area contributed by atoms with E-state index in [0.717, 1.165) is 57.2 Å². The molecule has 13 heteroatoms. The number of thiazole rings is 2. The summed E-state index contributed by atoms with van der Waals surface area (Å²) >= 11 is 12.3. The minimum atomic E-state index is -0.397. The first-order valence-electron chi connectivity index (χ1n) is 15.2. The molecule has 0 atom stereocenters. The van der Waals surface area contributed by atoms with Crippen LogP contribution in [0, 0.1) is 5.82 Å². The van der Waals surface area contributed by atoms with Crippen molar-refractivity contribution in [1.29, 1.82) is 0 Å². The molecule has 0 amide bonds. The number of anilines is 1. The Hall–Kier alpha value is -3.84. The van der Waals surface area contributed by atoms with Gasteiger partial charge in [-0.1, -0.05) is 39.7 Å². The second-order valence-electron chi connectivity index (χ2n) is 10.4. The van der Waals surface area contributed by atoms with Crippen LogP contribution in [0.4, 0.5) is 10.1 Å². The Labute approximate surface area is 299 Å². The van der Waals surface area contributed by atoms with Crippen LogP contribution in [0.15, 0.2) is 82.0 Å². The summed E-state index contributed by atoms with van der Waals surface area (Å²) in [4.78, 5) is 34.2. The second-order valence-corrected chi connectivity index (χ2v) is 13.5. The van der Waals surface area contributed by atoms with E-state index in [0.29, 0.717) is 35.4 Å². The number of aromatic nitrogens is 2. The zero-order chi connectivity index (χ0) is 34.0. The van der Waals surface area contributed by atoms with Crippen LogP contribution in [0.2, 0.25) is 5.02 Å². The SMILES string of the molecule is CCOC(=O)c1csc(-c2ccc(Br)cc2)n1.CCOC(=O)c1csc(-c2ccc(N3CCC(Oc4cc(F)ccc4Cl)CC3)cc2)n1. The summed E-state index contributed by atoms with van der Waals surface area (Å²) in [6, 6.07) is 20.1. The molecular formula is C35H32BrClFN3O5S2. The fourth-order valence-corrected chi connectivity index (χ4v) is 6.81. The summed E-state index contributed by atoms with van der Waals surface area (Å²) in [5.74, 6) is -0.722. The maximum atomic E-state index is 13.4. The van der Waals surface area contributed by atoms with Gasteiger partial charge in [-0.05, 0) is 62.4 Å². The summed E-state index contributed by atoms with van der Waals surface area (Å²) in [6.45, 7) is 5.92. The van der Waals surface area contributed by atoms with Gasteiger partial charge in [-0.25, -0.2) is 23.9 Å². The molecular weight excluding hydrogens is 741 g/mol. The predicted molar refractivity (Wildman–Crippen MR) is 192 cm³/mol. The number of hydrogen-bond acceptors (Lipinski definition) is 10. The lowest BCUT2D eigenvalue weighted by molar-refractivity contribution is 0.0511. The lowest BCUT2D eigenvalue weighted by atomic mass is 10.1. The Balaban J connectivity index is 0.000000224. The number of benzene rings is 3. The number of ether oxygens (including phenoxy) is 3. The van der Waals surface area contributed by atoms with E-state index in [4.69, 9.17) is 25.8 Å². The molecule has 0 N–H and O–H groups in total. The van der Waals surface area contributed by atoms with Crippen LogP contribution in [-0.2, 0) is 9.47 Å². The Kier molecular flexibility index (Phi) is 12.6. The molecule has 1 saturated heterocycles. The fraction of sp³-hybridized carbons (Fsp3) is 0.257. The van der Waals surface area contributed by atoms with Gasteiger partial charge in [-0.3, -0.25) is 0 Å². The third kappa shape index (κ3) is 9.40. The van der Waals surface area contributed by atoms with E-state index in [1.807, 2.05) is 36.4 Å². The second kappa shape index (κ2) is 17.0. The van der Waals surface area contributed by atoms with Crippen molar-refractivity contribution in [3.05, 3.63) is 104 Å². The largest absolute Gasteiger partial charge is 0.489 e. The first-order chi connectivity index (χ1) is 23.2. The summed E-state index contributed by atoms with van der Waals surface area (Å²) in [7, 11) is 0. The quantitative estimate of drug-likeness (QED) is 0.137. The van der Waals surface area contributed by atoms with Gasteiger partial charge in [0, 0.05) is 64.0 Å². The molecule has 0 bridgehead atoms. The van der Waals surface area contributed by atoms with Crippen molar-refractivity contribution in [1.82, 2.24) is 9.97 Å². The molecule has 48 heavy (non-hydrogen) atoms. The molecule has 3 aromatic carbocycles. The van der Waals surface area contributed by atoms with Crippen molar-refractivity contribution >= 4 is 67.8 Å². The molecule has 0 saturated carbocycles. The van der Waals surface area contributed by atoms with Gasteiger partial charge in [0.2, 0.25) is 0 Å². The molecule has 2 aromatic heterocycles. The highest BCUT2D eigenvalue weighted by Crippen LogP contribution is 2.31. The zero-order valence-corrected chi connectivity index (χ0v) is 30.1. The predicted octanol–water partition coefficient (Wildman–Crippen LogP) is 9.58. The third-order valence-electron chi connectivity index (χ3n) is 7.18. The van der Waals surface area contributed by atoms with Gasteiger partial charge in [-0.15, -0.1) is 22.7 Å². The van der Waals surface area contributed by atoms with E-state index in [2.05, 4.69) is 42.9 Å². The summed E-state index contributed by atoms with van der Waals surface area (Å²) in [5.41, 5.74) is 3.78. The van der Waals surface area contributed by atoms with Crippen LogP contribution in [0.1, 0.15) is 47.7 Å². The van der Waals surface area contributed by atoms with E-state index >= 15 is 0 Å². The first-order valence-corrected chi connectivity index (χ1v) is 18.1. The molecule has 3 heterocycles. The Morgan fingerprint density at radius 2 is 1.38 bits per heavy atom. The molecule has 1 fully saturated rings. The van der Waals surface area contributed by atoms with Gasteiger partial charge in [-0.2, -0.15) is 0 Å². The standard InChI is InChI=1S/C23H22ClFN2O3S.C12H10BrNO2S/c1-2-29-23(28)20-14-31-22(26-20)15-3-6-17(7-4-15)27-11-9-18(10-12-27)30-21-13-16(25)5-8-19(21)24;1-2-16-12(15)10-7-17-11(14-10)8-3-5-9(13)6-4-8/h3-8,13-14,18H,2,9-12H2,1H3;3-7H,2H2,1H3. The topological polar surface area (TPSA) is 90.9 Å². The Morgan fingerprint density at radius 3 is 1.90 bits per heavy atom. The smallest absolute Gasteiger partial charge is 0.357 e. The molecule has 1 aliphatic heterocycles. The summed E-state index contributed by atoms with van der Waals surface area (Å²) < 4.78 is 30.3. The van der Waals surface area contributed by atoms with Gasteiger partial charge >= 0.3 is 11.9 Å². The van der Waals surface area contributed by atoms with E-state index in [-0.39, 0.29) is 17.9 Å². The number of hydrogen-bond donors (Lipinski definition) is 0. The molecule has 8 nitrogen and oxygen atoms in total. The third-order valence-corrected chi connectivity index (χ3v) is 9.80. The first kappa shape index (κ1) is 35.5. The van der Waals surface area contributed by atoms with Crippen LogP contribution in [0.3, 0.4) is 0 Å². The number of piperidine rings is 1. The molecule has 250 valence electrons. The van der Waals surface area contributed by atoms with Crippen molar-refractivity contribution in [2.24, 2.45) is 0 Å². The fourth-order valence-electron chi connectivity index (χ4n) is 4.80. The van der Waals surface area contributed by atoms with Gasteiger partial charge in [0.05, 0.1) is 18.2 Å². The maximum Gasteiger partial charge on any atom is 0.357 e. The van der Waals surface area contributed by atoms with Crippen molar-refractivity contribution in [2.45, 2.75) is 32.8 Å². The molecule has 0 spiro atoms. The molecule has 5 aromatic rings. The molecule has 0 unspecified atom stereocenters. The molecule has 0 aliphatic carbocycles. The van der Waals surface area contributed by atoms with Gasteiger partial charge in [0.1, 0.15) is 27.7 Å². The number of halogens is 3. The minimum absolute atomic E-state index is 0.00596. The van der Waals surface area contributed by atoms with E-state index in [1.165, 1.54) is 40.9 Å². The number of carbonyl (C=O) groups is 2. The van der Waals surface area contributed by atoms with Crippen molar-refractivity contribution < 1.29 is 28.2 Å². The van der Waals surface area contributed by atoms with Gasteiger partial charge in [0.15, 0.2) is 11.4 Å². The number of nitrogens with zero attached hydrogens (tertiary/aromatic N) is 3. The number of esters is 2. The van der Waals surface area contributed by atoms with Crippen LogP contribution in [0.25, 0.3) is 21.1 Å². The lowest BCUT2D eigenvalue weighted by Gasteiger charge is -2.34. The van der Waals surface area contributed by atoms with Crippen LogP contribution in [0.5, 0.6) is 5.75 Å². The lowest BCUT2D eigenvalue weighted by Crippen LogP contribution is -2.38. The highest BCUT2D eigenvalue weighted by Gasteiger charge is 2.22. The Morgan fingerprint density at radius 1 is 0.854 bits per heavy atom. The van der Waals surface area contributed by atoms with Gasteiger partial charge < -0.3 is 19.1 Å². The van der Waals surface area contributed by atoms with E-state index < -0.39 is 5.97 Å². The average molecular weight is 773 g/mol. The minimum Gasteiger partial charge on any atom is -0.489 e. The van der Waals surface area contributed by atoms with Crippen molar-refractivity contribution in [2.75, 3.05) is 31.2 Å². The monoisotopic (exact) mass is 771 g/mol. The molecule has 6 rings (SSSR count).